The highest BCUT2D eigenvalue weighted by Gasteiger charge is 2.45. The Balaban J connectivity index is 1.92. The van der Waals surface area contributed by atoms with Gasteiger partial charge in [-0.1, -0.05) is 27.7 Å². The van der Waals surface area contributed by atoms with Crippen LogP contribution in [0.4, 0.5) is 4.39 Å². The number of carbonyl (C=O) groups is 1. The molecule has 8 nitrogen and oxygen atoms in total. The van der Waals surface area contributed by atoms with Crippen LogP contribution in [-0.4, -0.2) is 44.4 Å². The first kappa shape index (κ1) is 26.3. The fourth-order valence-electron chi connectivity index (χ4n) is 4.21. The SMILES string of the molecule is COC1(c2cc(S(=O)(=O)NC(=O)Cc3c(C(C)C)cc(F)cc3C(C)C)nn2C(C)C)COC1. The first-order valence-electron chi connectivity index (χ1n) is 11.4. The second-order valence-electron chi connectivity index (χ2n) is 9.67. The number of carbonyl (C=O) groups excluding carboxylic acids is 1. The molecule has 0 aliphatic carbocycles. The van der Waals surface area contributed by atoms with Gasteiger partial charge in [0.25, 0.3) is 10.0 Å². The molecule has 0 saturated carbocycles. The van der Waals surface area contributed by atoms with Crippen molar-refractivity contribution in [2.24, 2.45) is 0 Å². The van der Waals surface area contributed by atoms with Crippen molar-refractivity contribution in [1.82, 2.24) is 14.5 Å². The Kier molecular flexibility index (Phi) is 7.54. The van der Waals surface area contributed by atoms with Gasteiger partial charge in [0.1, 0.15) is 5.82 Å². The van der Waals surface area contributed by atoms with Gasteiger partial charge < -0.3 is 9.47 Å². The molecule has 188 valence electrons. The Bertz CT molecular complexity index is 1130. The Morgan fingerprint density at radius 1 is 1.15 bits per heavy atom. The maximum Gasteiger partial charge on any atom is 0.283 e. The van der Waals surface area contributed by atoms with Crippen molar-refractivity contribution in [3.05, 3.63) is 46.4 Å². The molecule has 1 aromatic heterocycles. The van der Waals surface area contributed by atoms with Crippen LogP contribution < -0.4 is 4.72 Å². The molecule has 34 heavy (non-hydrogen) atoms. The van der Waals surface area contributed by atoms with E-state index in [0.717, 1.165) is 0 Å². The third kappa shape index (κ3) is 5.04. The first-order chi connectivity index (χ1) is 15.8. The zero-order valence-corrected chi connectivity index (χ0v) is 21.6. The predicted octanol–water partition coefficient (Wildman–Crippen LogP) is 3.77. The molecule has 1 aliphatic rings. The maximum atomic E-state index is 14.2. The first-order valence-corrected chi connectivity index (χ1v) is 12.9. The van der Waals surface area contributed by atoms with Gasteiger partial charge in [0.2, 0.25) is 5.91 Å². The van der Waals surface area contributed by atoms with Crippen LogP contribution in [0.3, 0.4) is 0 Å². The summed E-state index contributed by atoms with van der Waals surface area (Å²) in [7, 11) is -2.70. The third-order valence-corrected chi connectivity index (χ3v) is 7.37. The van der Waals surface area contributed by atoms with Crippen LogP contribution in [0.25, 0.3) is 0 Å². The molecular formula is C24H34FN3O5S. The van der Waals surface area contributed by atoms with Crippen LogP contribution in [0.15, 0.2) is 23.2 Å². The van der Waals surface area contributed by atoms with Gasteiger partial charge in [0, 0.05) is 19.2 Å². The van der Waals surface area contributed by atoms with Crippen LogP contribution in [0.1, 0.15) is 81.8 Å². The average Bonchev–Trinajstić information content (AvgIpc) is 3.15. The van der Waals surface area contributed by atoms with Gasteiger partial charge in [0.15, 0.2) is 10.6 Å². The summed E-state index contributed by atoms with van der Waals surface area (Å²) in [6, 6.07) is 4.12. The lowest BCUT2D eigenvalue weighted by Crippen LogP contribution is -2.49. The lowest BCUT2D eigenvalue weighted by Gasteiger charge is -2.40. The molecule has 1 aromatic carbocycles. The Labute approximate surface area is 200 Å². The predicted molar refractivity (Wildman–Crippen MR) is 126 cm³/mol. The summed E-state index contributed by atoms with van der Waals surface area (Å²) >= 11 is 0. The van der Waals surface area contributed by atoms with Crippen LogP contribution in [0.2, 0.25) is 0 Å². The molecule has 1 fully saturated rings. The Morgan fingerprint density at radius 3 is 2.12 bits per heavy atom. The summed E-state index contributed by atoms with van der Waals surface area (Å²) in [4.78, 5) is 12.9. The quantitative estimate of drug-likeness (QED) is 0.569. The topological polar surface area (TPSA) is 99.5 Å². The lowest BCUT2D eigenvalue weighted by molar-refractivity contribution is -0.206. The van der Waals surface area contributed by atoms with Crippen molar-refractivity contribution in [3.63, 3.8) is 0 Å². The lowest BCUT2D eigenvalue weighted by atomic mass is 9.87. The number of amides is 1. The van der Waals surface area contributed by atoms with Gasteiger partial charge in [-0.05, 0) is 54.5 Å². The molecule has 1 aliphatic heterocycles. The summed E-state index contributed by atoms with van der Waals surface area (Å²) < 4.78 is 55.0. The van der Waals surface area contributed by atoms with E-state index in [4.69, 9.17) is 9.47 Å². The smallest absolute Gasteiger partial charge is 0.283 e. The number of halogens is 1. The number of benzene rings is 1. The molecule has 1 saturated heterocycles. The van der Waals surface area contributed by atoms with Crippen molar-refractivity contribution in [1.29, 1.82) is 0 Å². The number of rotatable bonds is 9. The van der Waals surface area contributed by atoms with E-state index in [9.17, 15) is 17.6 Å². The molecule has 0 spiro atoms. The highest BCUT2D eigenvalue weighted by Crippen LogP contribution is 2.35. The van der Waals surface area contributed by atoms with E-state index in [-0.39, 0.29) is 48.4 Å². The summed E-state index contributed by atoms with van der Waals surface area (Å²) in [6.45, 7) is 12.0. The van der Waals surface area contributed by atoms with Gasteiger partial charge in [-0.25, -0.2) is 9.11 Å². The number of sulfonamides is 1. The summed E-state index contributed by atoms with van der Waals surface area (Å²) in [5.74, 6) is -1.15. The van der Waals surface area contributed by atoms with E-state index in [1.165, 1.54) is 25.3 Å². The standard InChI is InChI=1S/C24H34FN3O5S/c1-14(2)18-8-17(25)9-19(15(3)4)20(18)10-22(29)27-34(30,31)23-11-21(28(26-23)16(5)6)24(32-7)12-33-13-24/h8-9,11,14-16H,10,12-13H2,1-7H3,(H,27,29). The highest BCUT2D eigenvalue weighted by atomic mass is 32.2. The number of hydrogen-bond acceptors (Lipinski definition) is 6. The minimum absolute atomic E-state index is 0.0353. The summed E-state index contributed by atoms with van der Waals surface area (Å²) in [5, 5.41) is 4.01. The minimum atomic E-state index is -4.24. The van der Waals surface area contributed by atoms with Crippen LogP contribution in [0.5, 0.6) is 0 Å². The number of hydrogen-bond donors (Lipinski definition) is 1. The third-order valence-electron chi connectivity index (χ3n) is 6.12. The van der Waals surface area contributed by atoms with Crippen molar-refractivity contribution in [2.75, 3.05) is 20.3 Å². The molecule has 10 heteroatoms. The summed E-state index contributed by atoms with van der Waals surface area (Å²) in [5.41, 5.74) is 1.83. The molecule has 0 unspecified atom stereocenters. The van der Waals surface area contributed by atoms with Crippen molar-refractivity contribution in [2.45, 2.75) is 76.5 Å². The molecule has 2 heterocycles. The van der Waals surface area contributed by atoms with E-state index < -0.39 is 21.5 Å². The fourth-order valence-corrected chi connectivity index (χ4v) is 5.15. The number of nitrogens with one attached hydrogen (secondary N) is 1. The molecule has 1 amide bonds. The number of ether oxygens (including phenoxy) is 2. The molecule has 3 rings (SSSR count). The van der Waals surface area contributed by atoms with Gasteiger partial charge in [-0.2, -0.15) is 13.5 Å². The van der Waals surface area contributed by atoms with Crippen molar-refractivity contribution < 1.29 is 27.1 Å². The van der Waals surface area contributed by atoms with Crippen LogP contribution in [0, 0.1) is 5.82 Å². The van der Waals surface area contributed by atoms with Gasteiger partial charge in [0.05, 0.1) is 25.3 Å². The molecule has 1 N–H and O–H groups in total. The van der Waals surface area contributed by atoms with Crippen molar-refractivity contribution >= 4 is 15.9 Å². The van der Waals surface area contributed by atoms with E-state index in [1.54, 1.807) is 4.68 Å². The van der Waals surface area contributed by atoms with Gasteiger partial charge in [-0.3, -0.25) is 9.48 Å². The minimum Gasteiger partial charge on any atom is -0.374 e. The molecule has 0 atom stereocenters. The summed E-state index contributed by atoms with van der Waals surface area (Å²) in [6.07, 6.45) is -0.186. The Hall–Kier alpha value is -2.30. The van der Waals surface area contributed by atoms with Crippen LogP contribution >= 0.6 is 0 Å². The van der Waals surface area contributed by atoms with E-state index in [2.05, 4.69) is 9.82 Å². The highest BCUT2D eigenvalue weighted by molar-refractivity contribution is 7.90. The zero-order chi connectivity index (χ0) is 25.4. The second kappa shape index (κ2) is 9.75. The average molecular weight is 496 g/mol. The van der Waals surface area contributed by atoms with E-state index in [0.29, 0.717) is 22.4 Å². The van der Waals surface area contributed by atoms with Gasteiger partial charge in [-0.15, -0.1) is 0 Å². The fraction of sp³-hybridized carbons (Fsp3) is 0.583. The van der Waals surface area contributed by atoms with Crippen molar-refractivity contribution in [3.8, 4) is 0 Å². The number of aromatic nitrogens is 2. The van der Waals surface area contributed by atoms with E-state index in [1.807, 2.05) is 41.5 Å². The largest absolute Gasteiger partial charge is 0.374 e. The number of methoxy groups -OCH3 is 1. The monoisotopic (exact) mass is 495 g/mol. The molecular weight excluding hydrogens is 461 g/mol. The zero-order valence-electron chi connectivity index (χ0n) is 20.8. The normalized spacial score (nSPS) is 15.7. The number of nitrogens with zero attached hydrogens (tertiary/aromatic N) is 2. The molecule has 0 bridgehead atoms. The Morgan fingerprint density at radius 2 is 1.71 bits per heavy atom. The molecule has 0 radical (unpaired) electrons. The van der Waals surface area contributed by atoms with Crippen LogP contribution in [-0.2, 0) is 36.3 Å². The van der Waals surface area contributed by atoms with Gasteiger partial charge >= 0.3 is 0 Å². The van der Waals surface area contributed by atoms with E-state index >= 15 is 0 Å². The molecule has 2 aromatic rings. The second-order valence-corrected chi connectivity index (χ2v) is 11.3. The maximum absolute atomic E-state index is 14.2.